The molecule has 0 aromatic carbocycles. The van der Waals surface area contributed by atoms with Gasteiger partial charge in [-0.15, -0.1) is 34.8 Å². The summed E-state index contributed by atoms with van der Waals surface area (Å²) in [6.07, 6.45) is 1.40. The fourth-order valence-corrected chi connectivity index (χ4v) is 7.00. The lowest BCUT2D eigenvalue weighted by Gasteiger charge is -2.34. The first-order chi connectivity index (χ1) is 7.69. The van der Waals surface area contributed by atoms with Crippen molar-refractivity contribution in [2.75, 3.05) is 0 Å². The largest absolute Gasteiger partial charge is 0.166 e. The predicted octanol–water partition coefficient (Wildman–Crippen LogP) is 5.47. The minimum Gasteiger partial charge on any atom is -0.123 e. The zero-order valence-electron chi connectivity index (χ0n) is 8.29. The molecule has 0 amide bonds. The van der Waals surface area contributed by atoms with Gasteiger partial charge in [0.2, 0.25) is 0 Å². The molecule has 3 rings (SSSR count). The monoisotopic (exact) mass is 372 g/mol. The molecule has 0 aromatic rings. The molecule has 2 saturated carbocycles. The van der Waals surface area contributed by atoms with Crippen LogP contribution in [0, 0.1) is 11.8 Å². The van der Waals surface area contributed by atoms with Crippen LogP contribution in [0.3, 0.4) is 0 Å². The van der Waals surface area contributed by atoms with Gasteiger partial charge in [0.05, 0.1) is 10.1 Å². The molecule has 0 N–H and O–H groups in total. The molecule has 3 aliphatic carbocycles. The number of hydrogen-bond acceptors (Lipinski definition) is 0. The molecule has 2 fully saturated rings. The molecule has 0 saturated heterocycles. The minimum atomic E-state index is -1.40. The molecule has 0 radical (unpaired) electrons. The summed E-state index contributed by atoms with van der Waals surface area (Å²) in [5.74, 6) is -0.0664. The highest BCUT2D eigenvalue weighted by atomic mass is 35.5. The molecule has 0 aromatic heterocycles. The Labute approximate surface area is 134 Å². The smallest absolute Gasteiger partial charge is 0.123 e. The summed E-state index contributed by atoms with van der Waals surface area (Å²) in [5, 5.41) is 0.554. The molecule has 5 atom stereocenters. The van der Waals surface area contributed by atoms with E-state index in [1.807, 2.05) is 0 Å². The fourth-order valence-electron chi connectivity index (χ4n) is 3.51. The van der Waals surface area contributed by atoms with Crippen LogP contribution in [0.25, 0.3) is 0 Å². The van der Waals surface area contributed by atoms with Crippen molar-refractivity contribution in [2.45, 2.75) is 32.3 Å². The van der Waals surface area contributed by atoms with E-state index in [0.717, 1.165) is 0 Å². The third-order valence-electron chi connectivity index (χ3n) is 4.27. The summed E-state index contributed by atoms with van der Waals surface area (Å²) in [5.41, 5.74) is 0. The molecular weight excluding hydrogens is 368 g/mol. The molecule has 7 heteroatoms. The van der Waals surface area contributed by atoms with Gasteiger partial charge in [0.15, 0.2) is 4.33 Å². The summed E-state index contributed by atoms with van der Waals surface area (Å²) in [6, 6.07) is 0. The van der Waals surface area contributed by atoms with Crippen molar-refractivity contribution in [1.82, 2.24) is 0 Å². The van der Waals surface area contributed by atoms with E-state index in [-0.39, 0.29) is 27.3 Å². The van der Waals surface area contributed by atoms with Crippen LogP contribution in [-0.4, -0.2) is 19.5 Å². The Morgan fingerprint density at radius 1 is 0.824 bits per heavy atom. The Kier molecular flexibility index (Phi) is 2.99. The highest BCUT2D eigenvalue weighted by molar-refractivity contribution is 6.65. The van der Waals surface area contributed by atoms with E-state index in [1.54, 1.807) is 0 Å². The van der Waals surface area contributed by atoms with Crippen molar-refractivity contribution in [3.63, 3.8) is 0 Å². The summed E-state index contributed by atoms with van der Waals surface area (Å²) in [6.45, 7) is 0. The maximum atomic E-state index is 6.61. The lowest BCUT2D eigenvalue weighted by atomic mass is 9.85. The Balaban J connectivity index is 2.24. The van der Waals surface area contributed by atoms with Crippen LogP contribution in [0.4, 0.5) is 0 Å². The highest BCUT2D eigenvalue weighted by Gasteiger charge is 2.83. The molecule has 0 aliphatic heterocycles. The van der Waals surface area contributed by atoms with Crippen molar-refractivity contribution in [2.24, 2.45) is 11.8 Å². The van der Waals surface area contributed by atoms with E-state index >= 15 is 0 Å². The predicted molar refractivity (Wildman–Crippen MR) is 76.2 cm³/mol. The maximum Gasteiger partial charge on any atom is 0.166 e. The highest BCUT2D eigenvalue weighted by Crippen LogP contribution is 2.79. The number of fused-ring (bicyclic) bond motifs is 5. The van der Waals surface area contributed by atoms with Crippen LogP contribution in [-0.2, 0) is 0 Å². The van der Waals surface area contributed by atoms with E-state index in [9.17, 15) is 0 Å². The second-order valence-corrected chi connectivity index (χ2v) is 8.80. The van der Waals surface area contributed by atoms with Crippen LogP contribution in [0.2, 0.25) is 0 Å². The average molecular weight is 375 g/mol. The summed E-state index contributed by atoms with van der Waals surface area (Å²) < 4.78 is -1.40. The van der Waals surface area contributed by atoms with Gasteiger partial charge < -0.3 is 0 Å². The second-order valence-electron chi connectivity index (χ2n) is 4.91. The van der Waals surface area contributed by atoms with Gasteiger partial charge in [-0.25, -0.2) is 0 Å². The third kappa shape index (κ3) is 1.24. The standard InChI is InChI=1S/C10H7Cl7/c11-3-1-4-5(2-3)9(15)7(13)6(12)8(4,14)10(9,16)17/h3-5H,1-2H2/t3?,4-,5+,8+,9-. The molecule has 0 heterocycles. The third-order valence-corrected chi connectivity index (χ3v) is 8.98. The van der Waals surface area contributed by atoms with Gasteiger partial charge in [0, 0.05) is 5.38 Å². The minimum absolute atomic E-state index is 0.0118. The van der Waals surface area contributed by atoms with E-state index < -0.39 is 14.1 Å². The first-order valence-corrected chi connectivity index (χ1v) is 7.85. The van der Waals surface area contributed by atoms with Crippen LogP contribution in [0.1, 0.15) is 12.8 Å². The van der Waals surface area contributed by atoms with Crippen molar-refractivity contribution < 1.29 is 0 Å². The number of alkyl halides is 5. The molecule has 17 heavy (non-hydrogen) atoms. The lowest BCUT2D eigenvalue weighted by Crippen LogP contribution is -2.45. The number of halogens is 7. The molecule has 0 spiro atoms. The van der Waals surface area contributed by atoms with Gasteiger partial charge >= 0.3 is 0 Å². The lowest BCUT2D eigenvalue weighted by molar-refractivity contribution is 0.382. The van der Waals surface area contributed by atoms with Gasteiger partial charge in [-0.05, 0) is 24.7 Å². The Morgan fingerprint density at radius 3 is 1.53 bits per heavy atom. The molecule has 0 nitrogen and oxygen atoms in total. The van der Waals surface area contributed by atoms with Crippen molar-refractivity contribution >= 4 is 81.2 Å². The second kappa shape index (κ2) is 3.70. The van der Waals surface area contributed by atoms with Crippen LogP contribution < -0.4 is 0 Å². The molecule has 96 valence electrons. The van der Waals surface area contributed by atoms with Crippen molar-refractivity contribution in [3.8, 4) is 0 Å². The summed E-state index contributed by atoms with van der Waals surface area (Å²) >= 11 is 44.6. The van der Waals surface area contributed by atoms with Gasteiger partial charge in [0.25, 0.3) is 0 Å². The maximum absolute atomic E-state index is 6.61. The van der Waals surface area contributed by atoms with Crippen LogP contribution in [0.15, 0.2) is 10.1 Å². The zero-order chi connectivity index (χ0) is 12.8. The normalized spacial score (nSPS) is 55.6. The first kappa shape index (κ1) is 13.7. The molecule has 3 aliphatic rings. The van der Waals surface area contributed by atoms with E-state index in [2.05, 4.69) is 0 Å². The summed E-state index contributed by atoms with van der Waals surface area (Å²) in [4.78, 5) is -2.24. The van der Waals surface area contributed by atoms with E-state index in [0.29, 0.717) is 12.8 Å². The Bertz CT molecular complexity index is 394. The van der Waals surface area contributed by atoms with Crippen molar-refractivity contribution in [1.29, 1.82) is 0 Å². The van der Waals surface area contributed by atoms with Gasteiger partial charge in [-0.3, -0.25) is 0 Å². The average Bonchev–Trinajstić information content (AvgIpc) is 2.72. The summed E-state index contributed by atoms with van der Waals surface area (Å²) in [7, 11) is 0. The topological polar surface area (TPSA) is 0 Å². The van der Waals surface area contributed by atoms with Gasteiger partial charge in [0.1, 0.15) is 9.75 Å². The van der Waals surface area contributed by atoms with Gasteiger partial charge in [-0.2, -0.15) is 0 Å². The van der Waals surface area contributed by atoms with Crippen LogP contribution in [0.5, 0.6) is 0 Å². The van der Waals surface area contributed by atoms with Crippen LogP contribution >= 0.6 is 81.2 Å². The fraction of sp³-hybridized carbons (Fsp3) is 0.800. The zero-order valence-corrected chi connectivity index (χ0v) is 13.6. The van der Waals surface area contributed by atoms with E-state index in [1.165, 1.54) is 0 Å². The Morgan fingerprint density at radius 2 is 1.18 bits per heavy atom. The quantitative estimate of drug-likeness (QED) is 0.493. The molecule has 1 unspecified atom stereocenters. The first-order valence-electron chi connectivity index (χ1n) is 5.15. The SMILES string of the molecule is ClC1=C(Cl)[C@]2(Cl)[C@H]3CC(Cl)C[C@H]3[C@@]1(Cl)C2(Cl)Cl. The number of hydrogen-bond donors (Lipinski definition) is 0. The molecule has 2 bridgehead atoms. The number of allylic oxidation sites excluding steroid dienone is 2. The van der Waals surface area contributed by atoms with E-state index in [4.69, 9.17) is 81.2 Å². The number of rotatable bonds is 0. The Hall–Kier alpha value is 1.77. The molecular formula is C10H7Cl7. The van der Waals surface area contributed by atoms with Gasteiger partial charge in [-0.1, -0.05) is 46.4 Å². The van der Waals surface area contributed by atoms with Crippen molar-refractivity contribution in [3.05, 3.63) is 10.1 Å².